The number of rotatable bonds is 5. The van der Waals surface area contributed by atoms with Gasteiger partial charge in [0.2, 0.25) is 11.8 Å². The van der Waals surface area contributed by atoms with Crippen molar-refractivity contribution in [1.29, 1.82) is 0 Å². The molecule has 0 saturated heterocycles. The van der Waals surface area contributed by atoms with E-state index in [1.54, 1.807) is 47.4 Å². The van der Waals surface area contributed by atoms with E-state index in [0.717, 1.165) is 11.1 Å². The number of halogens is 1. The number of nitrogens with zero attached hydrogens (tertiary/aromatic N) is 4. The average molecular weight is 420 g/mol. The molecule has 30 heavy (non-hydrogen) atoms. The van der Waals surface area contributed by atoms with E-state index in [4.69, 9.17) is 11.6 Å². The summed E-state index contributed by atoms with van der Waals surface area (Å²) in [6.45, 7) is 1.46. The Morgan fingerprint density at radius 1 is 1.10 bits per heavy atom. The summed E-state index contributed by atoms with van der Waals surface area (Å²) in [6.07, 6.45) is 5.15. The van der Waals surface area contributed by atoms with Crippen LogP contribution in [0.15, 0.2) is 73.2 Å². The van der Waals surface area contributed by atoms with Crippen LogP contribution in [0.3, 0.4) is 0 Å². The molecule has 8 heteroatoms. The highest BCUT2D eigenvalue weighted by Crippen LogP contribution is 2.27. The van der Waals surface area contributed by atoms with E-state index >= 15 is 0 Å². The molecule has 2 amide bonds. The van der Waals surface area contributed by atoms with Crippen LogP contribution in [0.2, 0.25) is 5.02 Å². The first-order valence-corrected chi connectivity index (χ1v) is 9.62. The lowest BCUT2D eigenvalue weighted by Gasteiger charge is -2.21. The Kier molecular flexibility index (Phi) is 5.45. The van der Waals surface area contributed by atoms with Gasteiger partial charge in [0.1, 0.15) is 5.82 Å². The Balaban J connectivity index is 1.58. The summed E-state index contributed by atoms with van der Waals surface area (Å²) in [7, 11) is 0. The van der Waals surface area contributed by atoms with Gasteiger partial charge in [0.15, 0.2) is 0 Å². The molecule has 0 aliphatic carbocycles. The van der Waals surface area contributed by atoms with Crippen molar-refractivity contribution >= 4 is 46.1 Å². The van der Waals surface area contributed by atoms with E-state index in [9.17, 15) is 9.59 Å². The minimum absolute atomic E-state index is 0.144. The molecular formula is C22H18ClN5O2. The predicted octanol–water partition coefficient (Wildman–Crippen LogP) is 4.25. The Morgan fingerprint density at radius 3 is 2.73 bits per heavy atom. The van der Waals surface area contributed by atoms with E-state index in [-0.39, 0.29) is 18.2 Å². The molecule has 0 atom stereocenters. The zero-order valence-electron chi connectivity index (χ0n) is 16.1. The van der Waals surface area contributed by atoms with Gasteiger partial charge in [0.25, 0.3) is 0 Å². The Hall–Kier alpha value is -3.71. The lowest BCUT2D eigenvalue weighted by Crippen LogP contribution is -2.24. The van der Waals surface area contributed by atoms with Gasteiger partial charge in [-0.25, -0.2) is 9.50 Å². The van der Waals surface area contributed by atoms with E-state index in [0.29, 0.717) is 22.2 Å². The van der Waals surface area contributed by atoms with Crippen molar-refractivity contribution in [2.24, 2.45) is 0 Å². The van der Waals surface area contributed by atoms with Crippen LogP contribution in [0, 0.1) is 0 Å². The summed E-state index contributed by atoms with van der Waals surface area (Å²) >= 11 is 6.13. The number of fused-ring (bicyclic) bond motifs is 1. The molecule has 0 bridgehead atoms. The molecule has 1 N–H and O–H groups in total. The van der Waals surface area contributed by atoms with Gasteiger partial charge >= 0.3 is 0 Å². The molecule has 0 aliphatic rings. The molecule has 0 spiro atoms. The molecule has 150 valence electrons. The highest BCUT2D eigenvalue weighted by Gasteiger charge is 2.17. The van der Waals surface area contributed by atoms with Gasteiger partial charge < -0.3 is 5.32 Å². The van der Waals surface area contributed by atoms with Crippen LogP contribution in [0.25, 0.3) is 5.52 Å². The molecule has 3 heterocycles. The highest BCUT2D eigenvalue weighted by atomic mass is 35.5. The van der Waals surface area contributed by atoms with Crippen molar-refractivity contribution in [3.05, 3.63) is 83.8 Å². The number of hydrogen-bond donors (Lipinski definition) is 1. The second kappa shape index (κ2) is 8.34. The number of carbonyl (C=O) groups excluding carboxylic acids is 2. The van der Waals surface area contributed by atoms with Gasteiger partial charge in [-0.05, 0) is 35.9 Å². The molecule has 0 radical (unpaired) electrons. The summed E-state index contributed by atoms with van der Waals surface area (Å²) in [6, 6.07) is 16.0. The van der Waals surface area contributed by atoms with E-state index < -0.39 is 0 Å². The first-order valence-electron chi connectivity index (χ1n) is 9.25. The van der Waals surface area contributed by atoms with Crippen LogP contribution in [0.1, 0.15) is 12.5 Å². The van der Waals surface area contributed by atoms with Gasteiger partial charge in [-0.15, -0.1) is 0 Å². The fraction of sp³-hybridized carbons (Fsp3) is 0.0909. The largest absolute Gasteiger partial charge is 0.326 e. The number of anilines is 3. The second-order valence-corrected chi connectivity index (χ2v) is 7.07. The number of pyridine rings is 2. The van der Waals surface area contributed by atoms with Crippen molar-refractivity contribution in [3.8, 4) is 0 Å². The normalized spacial score (nSPS) is 10.7. The van der Waals surface area contributed by atoms with Gasteiger partial charge in [-0.1, -0.05) is 29.8 Å². The van der Waals surface area contributed by atoms with Crippen LogP contribution in [0.4, 0.5) is 17.2 Å². The van der Waals surface area contributed by atoms with Crippen LogP contribution >= 0.6 is 11.6 Å². The molecule has 7 nitrogen and oxygen atoms in total. The summed E-state index contributed by atoms with van der Waals surface area (Å²) in [5.41, 5.74) is 2.78. The molecular weight excluding hydrogens is 402 g/mol. The van der Waals surface area contributed by atoms with Crippen LogP contribution in [-0.4, -0.2) is 26.4 Å². The maximum absolute atomic E-state index is 12.5. The number of aromatic nitrogens is 3. The third-order valence-electron chi connectivity index (χ3n) is 4.52. The van der Waals surface area contributed by atoms with Gasteiger partial charge in [-0.2, -0.15) is 5.10 Å². The molecule has 0 aliphatic heterocycles. The smallest absolute Gasteiger partial charge is 0.229 e. The van der Waals surface area contributed by atoms with Crippen molar-refractivity contribution in [2.75, 3.05) is 10.2 Å². The van der Waals surface area contributed by atoms with E-state index in [1.807, 2.05) is 30.3 Å². The van der Waals surface area contributed by atoms with Crippen molar-refractivity contribution in [3.63, 3.8) is 0 Å². The number of hydrogen-bond acceptors (Lipinski definition) is 4. The molecule has 0 saturated carbocycles. The number of amides is 2. The monoisotopic (exact) mass is 419 g/mol. The first-order chi connectivity index (χ1) is 14.5. The Bertz CT molecular complexity index is 1240. The molecule has 4 rings (SSSR count). The SMILES string of the molecule is CC(=O)N(c1ccn2nccc2c1)c1cc(NC(=O)Cc2ccccc2Cl)ccn1. The Morgan fingerprint density at radius 2 is 1.93 bits per heavy atom. The van der Waals surface area contributed by atoms with Gasteiger partial charge in [0, 0.05) is 42.3 Å². The number of nitrogens with one attached hydrogen (secondary N) is 1. The summed E-state index contributed by atoms with van der Waals surface area (Å²) in [5.74, 6) is -0.0110. The molecule has 0 fully saturated rings. The maximum atomic E-state index is 12.5. The minimum atomic E-state index is -0.213. The van der Waals surface area contributed by atoms with E-state index in [1.165, 1.54) is 11.8 Å². The number of carbonyl (C=O) groups is 2. The summed E-state index contributed by atoms with van der Waals surface area (Å²) < 4.78 is 1.71. The lowest BCUT2D eigenvalue weighted by molar-refractivity contribution is -0.116. The second-order valence-electron chi connectivity index (χ2n) is 6.66. The standard InChI is InChI=1S/C22H18ClN5O2/c1-15(29)28(19-8-11-27-18(14-19)7-10-25-27)21-13-17(6-9-24-21)26-22(30)12-16-4-2-3-5-20(16)23/h2-11,13-14H,12H2,1H3,(H,24,26,30). The van der Waals surface area contributed by atoms with Gasteiger partial charge in [0.05, 0.1) is 17.6 Å². The highest BCUT2D eigenvalue weighted by molar-refractivity contribution is 6.31. The molecule has 0 unspecified atom stereocenters. The third-order valence-corrected chi connectivity index (χ3v) is 4.89. The summed E-state index contributed by atoms with van der Waals surface area (Å²) in [5, 5.41) is 7.55. The number of benzene rings is 1. The minimum Gasteiger partial charge on any atom is -0.326 e. The topological polar surface area (TPSA) is 79.6 Å². The fourth-order valence-corrected chi connectivity index (χ4v) is 3.37. The third kappa shape index (κ3) is 4.16. The fourth-order valence-electron chi connectivity index (χ4n) is 3.16. The van der Waals surface area contributed by atoms with Gasteiger partial charge in [-0.3, -0.25) is 14.5 Å². The summed E-state index contributed by atoms with van der Waals surface area (Å²) in [4.78, 5) is 30.7. The zero-order chi connectivity index (χ0) is 21.1. The molecule has 3 aromatic heterocycles. The lowest BCUT2D eigenvalue weighted by atomic mass is 10.1. The maximum Gasteiger partial charge on any atom is 0.229 e. The van der Waals surface area contributed by atoms with Crippen molar-refractivity contribution in [1.82, 2.24) is 14.6 Å². The zero-order valence-corrected chi connectivity index (χ0v) is 16.9. The van der Waals surface area contributed by atoms with Crippen LogP contribution in [-0.2, 0) is 16.0 Å². The quantitative estimate of drug-likeness (QED) is 0.524. The first kappa shape index (κ1) is 19.6. The van der Waals surface area contributed by atoms with E-state index in [2.05, 4.69) is 15.4 Å². The van der Waals surface area contributed by atoms with Crippen molar-refractivity contribution < 1.29 is 9.59 Å². The molecule has 1 aromatic carbocycles. The van der Waals surface area contributed by atoms with Crippen molar-refractivity contribution in [2.45, 2.75) is 13.3 Å². The Labute approximate surface area is 177 Å². The average Bonchev–Trinajstić information content (AvgIpc) is 3.18. The van der Waals surface area contributed by atoms with Crippen LogP contribution < -0.4 is 10.2 Å². The molecule has 4 aromatic rings. The van der Waals surface area contributed by atoms with Crippen LogP contribution in [0.5, 0.6) is 0 Å². The predicted molar refractivity (Wildman–Crippen MR) is 116 cm³/mol.